The van der Waals surface area contributed by atoms with Crippen LogP contribution in [0.5, 0.6) is 0 Å². The predicted octanol–water partition coefficient (Wildman–Crippen LogP) is 2.80. The Morgan fingerprint density at radius 1 is 1.41 bits per heavy atom. The van der Waals surface area contributed by atoms with Crippen molar-refractivity contribution in [3.63, 3.8) is 0 Å². The van der Waals surface area contributed by atoms with Gasteiger partial charge in [0.25, 0.3) is 0 Å². The zero-order chi connectivity index (χ0) is 14.9. The van der Waals surface area contributed by atoms with Crippen molar-refractivity contribution in [1.29, 1.82) is 0 Å². The summed E-state index contributed by atoms with van der Waals surface area (Å²) in [5, 5.41) is 10.8. The van der Waals surface area contributed by atoms with Crippen molar-refractivity contribution in [2.75, 3.05) is 0 Å². The fourth-order valence-electron chi connectivity index (χ4n) is 2.42. The first kappa shape index (κ1) is 13.7. The molecule has 1 aliphatic carbocycles. The van der Waals surface area contributed by atoms with E-state index in [2.05, 4.69) is 20.6 Å². The van der Waals surface area contributed by atoms with Gasteiger partial charge in [-0.3, -0.25) is 4.40 Å². The van der Waals surface area contributed by atoms with E-state index in [0.29, 0.717) is 12.5 Å². The third-order valence-corrected chi connectivity index (χ3v) is 5.30. The van der Waals surface area contributed by atoms with Crippen LogP contribution in [-0.2, 0) is 6.54 Å². The van der Waals surface area contributed by atoms with Gasteiger partial charge in [0.15, 0.2) is 4.96 Å². The maximum absolute atomic E-state index is 12.1. The number of urea groups is 1. The third-order valence-electron chi connectivity index (χ3n) is 3.67. The lowest BCUT2D eigenvalue weighted by Crippen LogP contribution is -2.38. The molecule has 3 heterocycles. The van der Waals surface area contributed by atoms with Crippen LogP contribution in [0.1, 0.15) is 29.6 Å². The van der Waals surface area contributed by atoms with E-state index < -0.39 is 0 Å². The van der Waals surface area contributed by atoms with Crippen molar-refractivity contribution >= 4 is 33.7 Å². The number of imidazole rings is 1. The normalized spacial score (nSPS) is 15.8. The first-order chi connectivity index (χ1) is 10.8. The van der Waals surface area contributed by atoms with Gasteiger partial charge in [-0.15, -0.1) is 22.7 Å². The number of aromatic nitrogens is 3. The van der Waals surface area contributed by atoms with Crippen molar-refractivity contribution in [2.24, 2.45) is 5.92 Å². The molecule has 3 aromatic heterocycles. The summed E-state index contributed by atoms with van der Waals surface area (Å²) >= 11 is 3.17. The predicted molar refractivity (Wildman–Crippen MR) is 86.0 cm³/mol. The second-order valence-electron chi connectivity index (χ2n) is 5.34. The molecule has 3 aromatic rings. The van der Waals surface area contributed by atoms with Gasteiger partial charge < -0.3 is 10.6 Å². The molecule has 0 saturated heterocycles. The molecule has 1 fully saturated rings. The maximum atomic E-state index is 12.1. The fraction of sp³-hybridized carbons (Fsp3) is 0.357. The Labute approximate surface area is 135 Å². The van der Waals surface area contributed by atoms with E-state index >= 15 is 0 Å². The Morgan fingerprint density at radius 3 is 3.05 bits per heavy atom. The van der Waals surface area contributed by atoms with E-state index in [1.165, 1.54) is 0 Å². The van der Waals surface area contributed by atoms with Crippen LogP contribution in [0.3, 0.4) is 0 Å². The van der Waals surface area contributed by atoms with Crippen LogP contribution < -0.4 is 10.6 Å². The molecule has 0 aromatic carbocycles. The standard InChI is InChI=1S/C14H15N5OS2/c20-13(16-7-10-8-19-4-6-22-14(19)17-10)18-11(9-1-2-9)12-15-3-5-21-12/h3-6,8-9,11H,1-2,7H2,(H2,16,18,20). The highest BCUT2D eigenvalue weighted by Gasteiger charge is 2.34. The van der Waals surface area contributed by atoms with Crippen LogP contribution in [-0.4, -0.2) is 20.4 Å². The Hall–Kier alpha value is -1.93. The van der Waals surface area contributed by atoms with Gasteiger partial charge in [0.05, 0.1) is 18.3 Å². The summed E-state index contributed by atoms with van der Waals surface area (Å²) in [5.74, 6) is 0.523. The van der Waals surface area contributed by atoms with Crippen LogP contribution in [0.15, 0.2) is 29.4 Å². The van der Waals surface area contributed by atoms with Crippen LogP contribution in [0, 0.1) is 5.92 Å². The largest absolute Gasteiger partial charge is 0.332 e. The van der Waals surface area contributed by atoms with Crippen LogP contribution in [0.2, 0.25) is 0 Å². The van der Waals surface area contributed by atoms with Gasteiger partial charge in [-0.2, -0.15) is 0 Å². The number of carbonyl (C=O) groups excluding carboxylic acids is 1. The summed E-state index contributed by atoms with van der Waals surface area (Å²) in [6.07, 6.45) is 7.99. The number of hydrogen-bond donors (Lipinski definition) is 2. The monoisotopic (exact) mass is 333 g/mol. The van der Waals surface area contributed by atoms with Crippen molar-refractivity contribution in [3.8, 4) is 0 Å². The summed E-state index contributed by atoms with van der Waals surface area (Å²) in [5.41, 5.74) is 0.860. The van der Waals surface area contributed by atoms with Gasteiger partial charge in [0, 0.05) is 29.4 Å². The third kappa shape index (κ3) is 2.84. The van der Waals surface area contributed by atoms with Gasteiger partial charge in [-0.05, 0) is 18.8 Å². The molecule has 114 valence electrons. The molecular formula is C14H15N5OS2. The van der Waals surface area contributed by atoms with Gasteiger partial charge in [-0.1, -0.05) is 0 Å². The second-order valence-corrected chi connectivity index (χ2v) is 7.14. The molecule has 1 aliphatic rings. The summed E-state index contributed by atoms with van der Waals surface area (Å²) in [6.45, 7) is 0.426. The van der Waals surface area contributed by atoms with E-state index in [0.717, 1.165) is 28.5 Å². The number of thiazole rings is 2. The van der Waals surface area contributed by atoms with Crippen LogP contribution in [0.4, 0.5) is 4.79 Å². The minimum atomic E-state index is -0.163. The molecular weight excluding hydrogens is 318 g/mol. The number of hydrogen-bond acceptors (Lipinski definition) is 5. The molecule has 0 aliphatic heterocycles. The molecule has 1 saturated carbocycles. The first-order valence-electron chi connectivity index (χ1n) is 7.14. The lowest BCUT2D eigenvalue weighted by Gasteiger charge is -2.16. The molecule has 2 N–H and O–H groups in total. The zero-order valence-corrected chi connectivity index (χ0v) is 13.4. The van der Waals surface area contributed by atoms with Crippen LogP contribution >= 0.6 is 22.7 Å². The van der Waals surface area contributed by atoms with E-state index in [1.807, 2.05) is 27.6 Å². The lowest BCUT2D eigenvalue weighted by atomic mass is 10.2. The second kappa shape index (κ2) is 5.69. The van der Waals surface area contributed by atoms with Crippen molar-refractivity contribution in [2.45, 2.75) is 25.4 Å². The molecule has 1 atom stereocenters. The Kier molecular flexibility index (Phi) is 3.55. The highest BCUT2D eigenvalue weighted by Crippen LogP contribution is 2.41. The average Bonchev–Trinajstić information content (AvgIpc) is 2.90. The SMILES string of the molecule is O=C(NCc1cn2ccsc2n1)NC(c1nccs1)C1CC1. The lowest BCUT2D eigenvalue weighted by molar-refractivity contribution is 0.235. The first-order valence-corrected chi connectivity index (χ1v) is 8.90. The van der Waals surface area contributed by atoms with Gasteiger partial charge in [0.1, 0.15) is 5.01 Å². The van der Waals surface area contributed by atoms with Crippen molar-refractivity contribution in [3.05, 3.63) is 40.1 Å². The van der Waals surface area contributed by atoms with Gasteiger partial charge in [-0.25, -0.2) is 14.8 Å². The number of amides is 2. The van der Waals surface area contributed by atoms with Crippen molar-refractivity contribution < 1.29 is 4.79 Å². The average molecular weight is 333 g/mol. The van der Waals surface area contributed by atoms with Crippen LogP contribution in [0.25, 0.3) is 4.96 Å². The minimum absolute atomic E-state index is 0.0329. The summed E-state index contributed by atoms with van der Waals surface area (Å²) in [7, 11) is 0. The molecule has 0 radical (unpaired) electrons. The quantitative estimate of drug-likeness (QED) is 0.754. The minimum Gasteiger partial charge on any atom is -0.332 e. The molecule has 2 amide bonds. The Balaban J connectivity index is 1.36. The van der Waals surface area contributed by atoms with Gasteiger partial charge >= 0.3 is 6.03 Å². The number of rotatable bonds is 5. The summed E-state index contributed by atoms with van der Waals surface area (Å²) < 4.78 is 1.96. The molecule has 6 nitrogen and oxygen atoms in total. The Bertz CT molecular complexity index is 746. The molecule has 0 bridgehead atoms. The topological polar surface area (TPSA) is 71.3 Å². The van der Waals surface area contributed by atoms with E-state index in [4.69, 9.17) is 0 Å². The molecule has 0 spiro atoms. The number of nitrogens with zero attached hydrogens (tertiary/aromatic N) is 3. The smallest absolute Gasteiger partial charge is 0.315 e. The van der Waals surface area contributed by atoms with E-state index in [9.17, 15) is 4.79 Å². The fourth-order valence-corrected chi connectivity index (χ4v) is 3.92. The highest BCUT2D eigenvalue weighted by atomic mass is 32.1. The summed E-state index contributed by atoms with van der Waals surface area (Å²) in [4.78, 5) is 21.9. The highest BCUT2D eigenvalue weighted by molar-refractivity contribution is 7.15. The van der Waals surface area contributed by atoms with E-state index in [1.54, 1.807) is 28.9 Å². The maximum Gasteiger partial charge on any atom is 0.315 e. The zero-order valence-electron chi connectivity index (χ0n) is 11.7. The number of nitrogens with one attached hydrogen (secondary N) is 2. The van der Waals surface area contributed by atoms with Crippen molar-refractivity contribution in [1.82, 2.24) is 25.0 Å². The molecule has 8 heteroatoms. The van der Waals surface area contributed by atoms with Gasteiger partial charge in [0.2, 0.25) is 0 Å². The Morgan fingerprint density at radius 2 is 2.32 bits per heavy atom. The van der Waals surface area contributed by atoms with E-state index in [-0.39, 0.29) is 12.1 Å². The summed E-state index contributed by atoms with van der Waals surface area (Å²) in [6, 6.07) is -0.131. The number of carbonyl (C=O) groups is 1. The molecule has 1 unspecified atom stereocenters. The molecule has 22 heavy (non-hydrogen) atoms. The molecule has 4 rings (SSSR count). The number of fused-ring (bicyclic) bond motifs is 1.